The van der Waals surface area contributed by atoms with Crippen LogP contribution in [0.25, 0.3) is 0 Å². The van der Waals surface area contributed by atoms with Crippen LogP contribution in [0.3, 0.4) is 0 Å². The summed E-state index contributed by atoms with van der Waals surface area (Å²) in [5.74, 6) is 0. The molecule has 0 spiro atoms. The van der Waals surface area contributed by atoms with Crippen LogP contribution in [0.1, 0.15) is 47.5 Å². The van der Waals surface area contributed by atoms with Gasteiger partial charge in [-0.1, -0.05) is 43.1 Å². The molecule has 0 bridgehead atoms. The van der Waals surface area contributed by atoms with Gasteiger partial charge in [-0.2, -0.15) is 0 Å². The number of hydrogen-bond donors (Lipinski definition) is 1. The van der Waals surface area contributed by atoms with Gasteiger partial charge in [-0.05, 0) is 38.4 Å². The molecular weight excluding hydrogens is 323 g/mol. The second-order valence-electron chi connectivity index (χ2n) is 4.93. The van der Waals surface area contributed by atoms with Gasteiger partial charge in [0.2, 0.25) is 0 Å². The Balaban J connectivity index is 2.47. The van der Waals surface area contributed by atoms with Crippen molar-refractivity contribution in [2.24, 2.45) is 0 Å². The third-order valence-electron chi connectivity index (χ3n) is 3.38. The fourth-order valence-corrected chi connectivity index (χ4v) is 4.00. The van der Waals surface area contributed by atoms with Crippen molar-refractivity contribution in [3.8, 4) is 0 Å². The molecule has 0 aliphatic carbocycles. The van der Waals surface area contributed by atoms with Gasteiger partial charge in [0.1, 0.15) is 5.01 Å². The zero-order valence-corrected chi connectivity index (χ0v) is 14.9. The summed E-state index contributed by atoms with van der Waals surface area (Å²) in [5, 5.41) is 5.93. The lowest BCUT2D eigenvalue weighted by Crippen LogP contribution is -2.23. The molecule has 5 heteroatoms. The number of nitrogens with zero attached hydrogens (tertiary/aromatic N) is 1. The minimum Gasteiger partial charge on any atom is -0.304 e. The van der Waals surface area contributed by atoms with Crippen LogP contribution in [0.4, 0.5) is 0 Å². The van der Waals surface area contributed by atoms with Crippen molar-refractivity contribution in [1.29, 1.82) is 0 Å². The van der Waals surface area contributed by atoms with Gasteiger partial charge in [-0.25, -0.2) is 4.98 Å². The van der Waals surface area contributed by atoms with Crippen molar-refractivity contribution in [2.45, 2.75) is 39.7 Å². The van der Waals surface area contributed by atoms with Crippen molar-refractivity contribution in [3.63, 3.8) is 0 Å². The first-order chi connectivity index (χ1) is 10.1. The average molecular weight is 343 g/mol. The normalized spacial score (nSPS) is 12.6. The Morgan fingerprint density at radius 3 is 2.43 bits per heavy atom. The highest BCUT2D eigenvalue weighted by atomic mass is 35.5. The Kier molecular flexibility index (Phi) is 6.06. The second kappa shape index (κ2) is 7.59. The largest absolute Gasteiger partial charge is 0.304 e. The van der Waals surface area contributed by atoms with Crippen molar-refractivity contribution < 1.29 is 0 Å². The summed E-state index contributed by atoms with van der Waals surface area (Å²) in [7, 11) is 0. The van der Waals surface area contributed by atoms with E-state index in [1.165, 1.54) is 4.88 Å². The summed E-state index contributed by atoms with van der Waals surface area (Å²) < 4.78 is 0. The van der Waals surface area contributed by atoms with Gasteiger partial charge < -0.3 is 5.32 Å². The number of halogens is 2. The first-order valence-electron chi connectivity index (χ1n) is 7.21. The Morgan fingerprint density at radius 1 is 1.24 bits per heavy atom. The van der Waals surface area contributed by atoms with Crippen molar-refractivity contribution in [2.75, 3.05) is 6.54 Å². The molecule has 1 aromatic carbocycles. The second-order valence-corrected chi connectivity index (χ2v) is 6.98. The molecule has 114 valence electrons. The standard InChI is InChI=1S/C16H20Cl2N2S/c1-4-9-19-15(14-11(17)7-6-8-12(14)18)16-20-13(5-2)10(3)21-16/h6-8,15,19H,4-5,9H2,1-3H3. The molecule has 1 aromatic heterocycles. The molecule has 1 atom stereocenters. The fraction of sp³-hybridized carbons (Fsp3) is 0.438. The van der Waals surface area contributed by atoms with Gasteiger partial charge in [0.25, 0.3) is 0 Å². The number of aromatic nitrogens is 1. The molecule has 0 aliphatic heterocycles. The van der Waals surface area contributed by atoms with E-state index in [2.05, 4.69) is 26.1 Å². The van der Waals surface area contributed by atoms with Crippen LogP contribution in [0.2, 0.25) is 10.0 Å². The Bertz CT molecular complexity index is 590. The Labute approximate surface area is 140 Å². The summed E-state index contributed by atoms with van der Waals surface area (Å²) in [5.41, 5.74) is 2.08. The topological polar surface area (TPSA) is 24.9 Å². The van der Waals surface area contributed by atoms with E-state index >= 15 is 0 Å². The number of benzene rings is 1. The highest BCUT2D eigenvalue weighted by Gasteiger charge is 2.23. The van der Waals surface area contributed by atoms with Crippen LogP contribution in [-0.4, -0.2) is 11.5 Å². The lowest BCUT2D eigenvalue weighted by atomic mass is 10.1. The molecule has 2 rings (SSSR count). The van der Waals surface area contributed by atoms with Crippen molar-refractivity contribution in [3.05, 3.63) is 49.4 Å². The van der Waals surface area contributed by atoms with E-state index in [-0.39, 0.29) is 6.04 Å². The van der Waals surface area contributed by atoms with E-state index in [0.29, 0.717) is 10.0 Å². The molecule has 21 heavy (non-hydrogen) atoms. The first kappa shape index (κ1) is 16.8. The number of thiazole rings is 1. The summed E-state index contributed by atoms with van der Waals surface area (Å²) in [4.78, 5) is 6.04. The van der Waals surface area contributed by atoms with Crippen LogP contribution >= 0.6 is 34.5 Å². The zero-order valence-electron chi connectivity index (χ0n) is 12.5. The maximum Gasteiger partial charge on any atom is 0.115 e. The highest BCUT2D eigenvalue weighted by molar-refractivity contribution is 7.11. The molecule has 2 nitrogen and oxygen atoms in total. The molecule has 0 fully saturated rings. The lowest BCUT2D eigenvalue weighted by Gasteiger charge is -2.19. The molecule has 0 radical (unpaired) electrons. The summed E-state index contributed by atoms with van der Waals surface area (Å²) in [6, 6.07) is 5.58. The van der Waals surface area contributed by atoms with Gasteiger partial charge in [0.15, 0.2) is 0 Å². The molecule has 0 saturated carbocycles. The number of hydrogen-bond acceptors (Lipinski definition) is 3. The summed E-state index contributed by atoms with van der Waals surface area (Å²) in [6.07, 6.45) is 1.99. The molecule has 1 unspecified atom stereocenters. The zero-order chi connectivity index (χ0) is 15.4. The van der Waals surface area contributed by atoms with E-state index in [1.54, 1.807) is 11.3 Å². The van der Waals surface area contributed by atoms with Crippen LogP contribution in [0, 0.1) is 6.92 Å². The molecular formula is C16H20Cl2N2S. The van der Waals surface area contributed by atoms with Crippen molar-refractivity contribution in [1.82, 2.24) is 10.3 Å². The quantitative estimate of drug-likeness (QED) is 0.759. The SMILES string of the molecule is CCCNC(c1nc(CC)c(C)s1)c1c(Cl)cccc1Cl. The van der Waals surface area contributed by atoms with Gasteiger partial charge in [-0.15, -0.1) is 11.3 Å². The van der Waals surface area contributed by atoms with Crippen LogP contribution in [-0.2, 0) is 6.42 Å². The van der Waals surface area contributed by atoms with Crippen molar-refractivity contribution >= 4 is 34.5 Å². The Morgan fingerprint density at radius 2 is 1.90 bits per heavy atom. The first-order valence-corrected chi connectivity index (χ1v) is 8.79. The van der Waals surface area contributed by atoms with Crippen LogP contribution in [0.15, 0.2) is 18.2 Å². The third kappa shape index (κ3) is 3.78. The van der Waals surface area contributed by atoms with Gasteiger partial charge in [-0.3, -0.25) is 0 Å². The molecule has 0 saturated heterocycles. The molecule has 0 aliphatic rings. The smallest absolute Gasteiger partial charge is 0.115 e. The van der Waals surface area contributed by atoms with Crippen LogP contribution < -0.4 is 5.32 Å². The molecule has 1 heterocycles. The van der Waals surface area contributed by atoms with E-state index < -0.39 is 0 Å². The predicted octanol–water partition coefficient (Wildman–Crippen LogP) is 5.41. The minimum atomic E-state index is -0.0462. The maximum atomic E-state index is 6.39. The predicted molar refractivity (Wildman–Crippen MR) is 92.8 cm³/mol. The maximum absolute atomic E-state index is 6.39. The van der Waals surface area contributed by atoms with E-state index in [9.17, 15) is 0 Å². The number of aryl methyl sites for hydroxylation is 2. The fourth-order valence-electron chi connectivity index (χ4n) is 2.29. The molecule has 0 amide bonds. The average Bonchev–Trinajstić information content (AvgIpc) is 2.83. The van der Waals surface area contributed by atoms with E-state index in [0.717, 1.165) is 35.7 Å². The molecule has 2 aromatic rings. The van der Waals surface area contributed by atoms with Crippen LogP contribution in [0.5, 0.6) is 0 Å². The summed E-state index contributed by atoms with van der Waals surface area (Å²) >= 11 is 14.5. The summed E-state index contributed by atoms with van der Waals surface area (Å²) in [6.45, 7) is 7.28. The monoisotopic (exact) mass is 342 g/mol. The Hall–Kier alpha value is -0.610. The van der Waals surface area contributed by atoms with E-state index in [4.69, 9.17) is 28.2 Å². The molecule has 1 N–H and O–H groups in total. The number of rotatable bonds is 6. The lowest BCUT2D eigenvalue weighted by molar-refractivity contribution is 0.595. The van der Waals surface area contributed by atoms with Gasteiger partial charge in [0, 0.05) is 20.5 Å². The van der Waals surface area contributed by atoms with E-state index in [1.807, 2.05) is 18.2 Å². The third-order valence-corrected chi connectivity index (χ3v) is 5.12. The van der Waals surface area contributed by atoms with Gasteiger partial charge in [0.05, 0.1) is 11.7 Å². The minimum absolute atomic E-state index is 0.0462. The highest BCUT2D eigenvalue weighted by Crippen LogP contribution is 2.36. The number of nitrogens with one attached hydrogen (secondary N) is 1. The van der Waals surface area contributed by atoms with Gasteiger partial charge >= 0.3 is 0 Å².